The molecule has 0 saturated heterocycles. The van der Waals surface area contributed by atoms with Gasteiger partial charge in [0, 0.05) is 6.04 Å². The van der Waals surface area contributed by atoms with Gasteiger partial charge in [-0.3, -0.25) is 4.79 Å². The maximum atomic E-state index is 11.6. The zero-order valence-corrected chi connectivity index (χ0v) is 8.97. The third kappa shape index (κ3) is 1.53. The molecular formula is C13H15NO2. The van der Waals surface area contributed by atoms with Crippen LogP contribution < -0.4 is 5.73 Å². The first kappa shape index (κ1) is 10.9. The van der Waals surface area contributed by atoms with Crippen molar-refractivity contribution in [2.24, 2.45) is 5.73 Å². The van der Waals surface area contributed by atoms with Gasteiger partial charge in [0.1, 0.15) is 5.41 Å². The van der Waals surface area contributed by atoms with Gasteiger partial charge in [0.05, 0.1) is 0 Å². The summed E-state index contributed by atoms with van der Waals surface area (Å²) < 4.78 is 0. The number of carboxylic acids is 1. The van der Waals surface area contributed by atoms with Crippen molar-refractivity contribution < 1.29 is 9.90 Å². The van der Waals surface area contributed by atoms with Gasteiger partial charge in [-0.25, -0.2) is 0 Å². The molecule has 0 heterocycles. The van der Waals surface area contributed by atoms with Crippen LogP contribution in [-0.2, 0) is 10.2 Å². The van der Waals surface area contributed by atoms with Crippen LogP contribution in [0.4, 0.5) is 0 Å². The molecule has 0 bridgehead atoms. The summed E-state index contributed by atoms with van der Waals surface area (Å²) in [6.07, 6.45) is 5.07. The second kappa shape index (κ2) is 4.10. The van der Waals surface area contributed by atoms with Gasteiger partial charge in [0.15, 0.2) is 0 Å². The lowest BCUT2D eigenvalue weighted by Gasteiger charge is -2.36. The van der Waals surface area contributed by atoms with E-state index in [1.807, 2.05) is 36.4 Å². The maximum Gasteiger partial charge on any atom is 0.316 e. The fourth-order valence-electron chi connectivity index (χ4n) is 2.33. The van der Waals surface area contributed by atoms with E-state index in [1.165, 1.54) is 0 Å². The van der Waals surface area contributed by atoms with Gasteiger partial charge in [-0.2, -0.15) is 0 Å². The normalized spacial score (nSPS) is 28.9. The first-order valence-corrected chi connectivity index (χ1v) is 5.39. The quantitative estimate of drug-likeness (QED) is 0.741. The maximum absolute atomic E-state index is 11.6. The minimum absolute atomic E-state index is 0.457. The van der Waals surface area contributed by atoms with E-state index in [0.29, 0.717) is 6.42 Å². The molecule has 3 heteroatoms. The van der Waals surface area contributed by atoms with Crippen LogP contribution in [-0.4, -0.2) is 17.1 Å². The Bertz CT molecular complexity index is 413. The standard InChI is InChI=1S/C13H15NO2/c14-11-8-4-5-9-13(11,12(15)16)10-6-2-1-3-7-10/h1-4,6-8,11H,5,9,14H2,(H,15,16). The van der Waals surface area contributed by atoms with E-state index in [-0.39, 0.29) is 0 Å². The molecule has 1 aliphatic rings. The van der Waals surface area contributed by atoms with E-state index in [1.54, 1.807) is 6.08 Å². The van der Waals surface area contributed by atoms with E-state index >= 15 is 0 Å². The van der Waals surface area contributed by atoms with Gasteiger partial charge in [0.2, 0.25) is 0 Å². The van der Waals surface area contributed by atoms with Crippen molar-refractivity contribution in [2.45, 2.75) is 24.3 Å². The zero-order chi connectivity index (χ0) is 11.6. The number of carboxylic acid groups (broad SMARTS) is 1. The average Bonchev–Trinajstić information content (AvgIpc) is 2.30. The molecule has 3 nitrogen and oxygen atoms in total. The van der Waals surface area contributed by atoms with Crippen molar-refractivity contribution in [3.05, 3.63) is 48.0 Å². The minimum atomic E-state index is -0.962. The molecule has 1 aromatic rings. The van der Waals surface area contributed by atoms with Crippen LogP contribution in [0.2, 0.25) is 0 Å². The van der Waals surface area contributed by atoms with Gasteiger partial charge in [-0.1, -0.05) is 42.5 Å². The molecule has 3 N–H and O–H groups in total. The highest BCUT2D eigenvalue weighted by Crippen LogP contribution is 2.36. The molecule has 2 rings (SSSR count). The third-order valence-corrected chi connectivity index (χ3v) is 3.29. The Kier molecular flexibility index (Phi) is 2.79. The predicted molar refractivity (Wildman–Crippen MR) is 62.1 cm³/mol. The first-order valence-electron chi connectivity index (χ1n) is 5.39. The number of benzene rings is 1. The fraction of sp³-hybridized carbons (Fsp3) is 0.308. The van der Waals surface area contributed by atoms with E-state index in [4.69, 9.17) is 5.73 Å². The molecule has 0 amide bonds. The number of rotatable bonds is 2. The minimum Gasteiger partial charge on any atom is -0.481 e. The summed E-state index contributed by atoms with van der Waals surface area (Å²) in [7, 11) is 0. The summed E-state index contributed by atoms with van der Waals surface area (Å²) in [5.74, 6) is -0.837. The summed E-state index contributed by atoms with van der Waals surface area (Å²) in [6, 6.07) is 8.81. The number of hydrogen-bond donors (Lipinski definition) is 2. The van der Waals surface area contributed by atoms with E-state index in [9.17, 15) is 9.90 Å². The van der Waals surface area contributed by atoms with Crippen LogP contribution in [0.15, 0.2) is 42.5 Å². The van der Waals surface area contributed by atoms with Gasteiger partial charge >= 0.3 is 5.97 Å². The summed E-state index contributed by atoms with van der Waals surface area (Å²) in [6.45, 7) is 0. The number of hydrogen-bond acceptors (Lipinski definition) is 2. The lowest BCUT2D eigenvalue weighted by Crippen LogP contribution is -2.51. The molecule has 1 aliphatic carbocycles. The average molecular weight is 217 g/mol. The van der Waals surface area contributed by atoms with E-state index in [0.717, 1.165) is 12.0 Å². The SMILES string of the molecule is NC1C=CCCC1(C(=O)O)c1ccccc1. The Labute approximate surface area is 94.6 Å². The second-order valence-electron chi connectivity index (χ2n) is 4.14. The summed E-state index contributed by atoms with van der Waals surface area (Å²) in [5.41, 5.74) is 5.81. The Morgan fingerprint density at radius 3 is 2.62 bits per heavy atom. The number of carbonyl (C=O) groups is 1. The van der Waals surface area contributed by atoms with Gasteiger partial charge in [-0.05, 0) is 18.4 Å². The van der Waals surface area contributed by atoms with Crippen molar-refractivity contribution in [1.29, 1.82) is 0 Å². The topological polar surface area (TPSA) is 63.3 Å². The summed E-state index contributed by atoms with van der Waals surface area (Å²) >= 11 is 0. The lowest BCUT2D eigenvalue weighted by atomic mass is 9.69. The van der Waals surface area contributed by atoms with Crippen molar-refractivity contribution >= 4 is 5.97 Å². The summed E-state index contributed by atoms with van der Waals surface area (Å²) in [4.78, 5) is 11.6. The Balaban J connectivity index is 2.52. The van der Waals surface area contributed by atoms with Crippen LogP contribution >= 0.6 is 0 Å². The Hall–Kier alpha value is -1.61. The molecule has 84 valence electrons. The summed E-state index contributed by atoms with van der Waals surface area (Å²) in [5, 5.41) is 9.50. The molecule has 16 heavy (non-hydrogen) atoms. The lowest BCUT2D eigenvalue weighted by molar-refractivity contribution is -0.144. The van der Waals surface area contributed by atoms with Crippen LogP contribution in [0, 0.1) is 0 Å². The number of allylic oxidation sites excluding steroid dienone is 1. The predicted octanol–water partition coefficient (Wildman–Crippen LogP) is 1.69. The molecule has 2 atom stereocenters. The molecule has 0 aromatic heterocycles. The highest BCUT2D eigenvalue weighted by atomic mass is 16.4. The molecule has 1 aromatic carbocycles. The molecule has 0 spiro atoms. The van der Waals surface area contributed by atoms with Crippen molar-refractivity contribution in [3.8, 4) is 0 Å². The highest BCUT2D eigenvalue weighted by molar-refractivity contribution is 5.83. The fourth-order valence-corrected chi connectivity index (χ4v) is 2.33. The van der Waals surface area contributed by atoms with Crippen LogP contribution in [0.1, 0.15) is 18.4 Å². The van der Waals surface area contributed by atoms with E-state index < -0.39 is 17.4 Å². The molecule has 0 saturated carbocycles. The molecule has 2 unspecified atom stereocenters. The Morgan fingerprint density at radius 2 is 2.06 bits per heavy atom. The number of aliphatic carboxylic acids is 1. The van der Waals surface area contributed by atoms with Gasteiger partial charge in [0.25, 0.3) is 0 Å². The largest absolute Gasteiger partial charge is 0.481 e. The van der Waals surface area contributed by atoms with Crippen molar-refractivity contribution in [2.75, 3.05) is 0 Å². The third-order valence-electron chi connectivity index (χ3n) is 3.29. The van der Waals surface area contributed by atoms with Gasteiger partial charge in [-0.15, -0.1) is 0 Å². The Morgan fingerprint density at radius 1 is 1.38 bits per heavy atom. The molecule has 0 fully saturated rings. The van der Waals surface area contributed by atoms with Crippen LogP contribution in [0.25, 0.3) is 0 Å². The first-order chi connectivity index (χ1) is 7.68. The number of nitrogens with two attached hydrogens (primary N) is 1. The molecular weight excluding hydrogens is 202 g/mol. The van der Waals surface area contributed by atoms with Gasteiger partial charge < -0.3 is 10.8 Å². The van der Waals surface area contributed by atoms with Crippen molar-refractivity contribution in [1.82, 2.24) is 0 Å². The van der Waals surface area contributed by atoms with E-state index in [2.05, 4.69) is 0 Å². The monoisotopic (exact) mass is 217 g/mol. The molecule has 0 aliphatic heterocycles. The highest BCUT2D eigenvalue weighted by Gasteiger charge is 2.45. The second-order valence-corrected chi connectivity index (χ2v) is 4.14. The zero-order valence-electron chi connectivity index (χ0n) is 8.97. The smallest absolute Gasteiger partial charge is 0.316 e. The van der Waals surface area contributed by atoms with Crippen LogP contribution in [0.3, 0.4) is 0 Å². The molecule has 0 radical (unpaired) electrons. The van der Waals surface area contributed by atoms with Crippen LogP contribution in [0.5, 0.6) is 0 Å². The van der Waals surface area contributed by atoms with Crippen molar-refractivity contribution in [3.63, 3.8) is 0 Å².